The van der Waals surface area contributed by atoms with Crippen molar-refractivity contribution in [2.24, 2.45) is 0 Å². The fourth-order valence-electron chi connectivity index (χ4n) is 2.85. The van der Waals surface area contributed by atoms with Crippen LogP contribution in [0.1, 0.15) is 41.3 Å². The van der Waals surface area contributed by atoms with Gasteiger partial charge in [-0.3, -0.25) is 0 Å². The molecule has 1 saturated heterocycles. The molecule has 6 nitrogen and oxygen atoms in total. The lowest BCUT2D eigenvalue weighted by Gasteiger charge is -2.37. The van der Waals surface area contributed by atoms with Crippen LogP contribution < -0.4 is 4.90 Å². The summed E-state index contributed by atoms with van der Waals surface area (Å²) in [5.74, 6) is 0.506. The lowest BCUT2D eigenvalue weighted by atomic mass is 10.2. The number of ether oxygens (including phenoxy) is 1. The van der Waals surface area contributed by atoms with Gasteiger partial charge in [-0.2, -0.15) is 0 Å². The van der Waals surface area contributed by atoms with Crippen LogP contribution in [0.3, 0.4) is 0 Å². The van der Waals surface area contributed by atoms with E-state index >= 15 is 0 Å². The molecule has 4 rings (SSSR count). The van der Waals surface area contributed by atoms with Crippen molar-refractivity contribution in [2.75, 3.05) is 18.5 Å². The van der Waals surface area contributed by atoms with Crippen molar-refractivity contribution in [1.29, 1.82) is 0 Å². The maximum absolute atomic E-state index is 12.8. The van der Waals surface area contributed by atoms with Crippen LogP contribution in [-0.2, 0) is 4.74 Å². The fourth-order valence-corrected chi connectivity index (χ4v) is 4.15. The zero-order valence-corrected chi connectivity index (χ0v) is 16.3. The average molecular weight is 389 g/mol. The summed E-state index contributed by atoms with van der Waals surface area (Å²) in [6, 6.07) is 7.74. The largest absolute Gasteiger partial charge is 0.459 e. The summed E-state index contributed by atoms with van der Waals surface area (Å²) in [5, 5.41) is 10.5. The number of aryl methyl sites for hydroxylation is 1. The van der Waals surface area contributed by atoms with Gasteiger partial charge in [-0.15, -0.1) is 10.2 Å². The quantitative estimate of drug-likeness (QED) is 0.748. The van der Waals surface area contributed by atoms with Crippen LogP contribution in [0.2, 0.25) is 0 Å². The highest BCUT2D eigenvalue weighted by Crippen LogP contribution is 2.43. The fraction of sp³-hybridized carbons (Fsp3) is 0.444. The minimum absolute atomic E-state index is 0.133. The van der Waals surface area contributed by atoms with Crippen LogP contribution in [0, 0.1) is 6.92 Å². The first kappa shape index (κ1) is 17.4. The van der Waals surface area contributed by atoms with E-state index in [9.17, 15) is 4.79 Å². The first-order chi connectivity index (χ1) is 12.5. The van der Waals surface area contributed by atoms with Gasteiger partial charge in [0.2, 0.25) is 5.13 Å². The van der Waals surface area contributed by atoms with Gasteiger partial charge in [-0.25, -0.2) is 9.69 Å². The standard InChI is InChI=1S/C18H20N4O2S2/c1-11-3-5-13(6-4-11)16(25)24-14-9-10-21(2)18(23)22(14)17-20-19-15(26-17)12-7-8-12/h3-6,12,14H,7-10H2,1-2H3. The molecule has 26 heavy (non-hydrogen) atoms. The predicted octanol–water partition coefficient (Wildman–Crippen LogP) is 3.70. The molecule has 1 atom stereocenters. The SMILES string of the molecule is Cc1ccc(C(=S)OC2CCN(C)C(=O)N2c2nnc(C3CC3)s2)cc1. The van der Waals surface area contributed by atoms with E-state index in [0.717, 1.165) is 29.0 Å². The smallest absolute Gasteiger partial charge is 0.329 e. The Morgan fingerprint density at radius 1 is 1.23 bits per heavy atom. The maximum Gasteiger partial charge on any atom is 0.329 e. The third kappa shape index (κ3) is 3.43. The number of thiocarbonyl (C=S) groups is 1. The third-order valence-electron chi connectivity index (χ3n) is 4.63. The van der Waals surface area contributed by atoms with Crippen LogP contribution in [0.15, 0.2) is 24.3 Å². The number of rotatable bonds is 4. The summed E-state index contributed by atoms with van der Waals surface area (Å²) in [4.78, 5) is 16.0. The molecule has 2 aromatic rings. The Bertz CT molecular complexity index is 832. The zero-order valence-electron chi connectivity index (χ0n) is 14.7. The Morgan fingerprint density at radius 2 is 1.96 bits per heavy atom. The van der Waals surface area contributed by atoms with Crippen molar-refractivity contribution < 1.29 is 9.53 Å². The molecule has 0 bridgehead atoms. The van der Waals surface area contributed by atoms with Crippen LogP contribution in [0.25, 0.3) is 0 Å². The molecular weight excluding hydrogens is 368 g/mol. The minimum Gasteiger partial charge on any atom is -0.459 e. The van der Waals surface area contributed by atoms with Gasteiger partial charge in [0.25, 0.3) is 0 Å². The second-order valence-electron chi connectivity index (χ2n) is 6.79. The van der Waals surface area contributed by atoms with E-state index in [-0.39, 0.29) is 6.03 Å². The van der Waals surface area contributed by atoms with E-state index in [2.05, 4.69) is 10.2 Å². The monoisotopic (exact) mass is 388 g/mol. The molecule has 1 aliphatic heterocycles. The molecule has 2 aliphatic rings. The molecule has 0 spiro atoms. The van der Waals surface area contributed by atoms with Gasteiger partial charge in [0.15, 0.2) is 11.3 Å². The van der Waals surface area contributed by atoms with E-state index in [1.54, 1.807) is 16.8 Å². The molecule has 0 radical (unpaired) electrons. The number of hydrogen-bond donors (Lipinski definition) is 0. The Balaban J connectivity index is 1.56. The number of hydrogen-bond acceptors (Lipinski definition) is 6. The van der Waals surface area contributed by atoms with Crippen LogP contribution >= 0.6 is 23.6 Å². The third-order valence-corrected chi connectivity index (χ3v) is 6.04. The number of anilines is 1. The average Bonchev–Trinajstić information content (AvgIpc) is 3.37. The Morgan fingerprint density at radius 3 is 2.65 bits per heavy atom. The van der Waals surface area contributed by atoms with Crippen LogP contribution in [0.5, 0.6) is 0 Å². The van der Waals surface area contributed by atoms with E-state index < -0.39 is 6.23 Å². The molecule has 1 aliphatic carbocycles. The molecule has 1 aromatic carbocycles. The van der Waals surface area contributed by atoms with E-state index in [1.165, 1.54) is 11.3 Å². The predicted molar refractivity (Wildman–Crippen MR) is 105 cm³/mol. The van der Waals surface area contributed by atoms with Crippen molar-refractivity contribution in [2.45, 2.75) is 38.3 Å². The number of nitrogens with zero attached hydrogens (tertiary/aromatic N) is 4. The number of carbonyl (C=O) groups is 1. The van der Waals surface area contributed by atoms with Crippen molar-refractivity contribution in [3.8, 4) is 0 Å². The molecular formula is C18H20N4O2S2. The van der Waals surface area contributed by atoms with E-state index in [1.807, 2.05) is 31.2 Å². The number of carbonyl (C=O) groups excluding carboxylic acids is 1. The molecule has 2 heterocycles. The van der Waals surface area contributed by atoms with Crippen LogP contribution in [-0.4, -0.2) is 46.0 Å². The number of aromatic nitrogens is 2. The Hall–Kier alpha value is -2.06. The zero-order chi connectivity index (χ0) is 18.3. The highest BCUT2D eigenvalue weighted by Gasteiger charge is 2.38. The second-order valence-corrected chi connectivity index (χ2v) is 8.14. The molecule has 1 unspecified atom stereocenters. The summed E-state index contributed by atoms with van der Waals surface area (Å²) < 4.78 is 6.04. The van der Waals surface area contributed by atoms with Crippen molar-refractivity contribution >= 4 is 39.8 Å². The van der Waals surface area contributed by atoms with Gasteiger partial charge < -0.3 is 9.64 Å². The minimum atomic E-state index is -0.465. The summed E-state index contributed by atoms with van der Waals surface area (Å²) in [6.45, 7) is 2.64. The molecule has 2 fully saturated rings. The van der Waals surface area contributed by atoms with E-state index in [4.69, 9.17) is 17.0 Å². The normalized spacial score (nSPS) is 20.4. The van der Waals surface area contributed by atoms with Gasteiger partial charge in [0.1, 0.15) is 5.01 Å². The van der Waals surface area contributed by atoms with Gasteiger partial charge in [-0.1, -0.05) is 41.2 Å². The molecule has 136 valence electrons. The van der Waals surface area contributed by atoms with Crippen molar-refractivity contribution in [3.63, 3.8) is 0 Å². The lowest BCUT2D eigenvalue weighted by Crippen LogP contribution is -2.54. The number of benzene rings is 1. The topological polar surface area (TPSA) is 58.6 Å². The summed E-state index contributed by atoms with van der Waals surface area (Å²) >= 11 is 6.94. The first-order valence-corrected chi connectivity index (χ1v) is 9.91. The van der Waals surface area contributed by atoms with Crippen molar-refractivity contribution in [3.05, 3.63) is 40.4 Å². The van der Waals surface area contributed by atoms with E-state index in [0.29, 0.717) is 29.1 Å². The van der Waals surface area contributed by atoms with Gasteiger partial charge in [0.05, 0.1) is 0 Å². The number of urea groups is 1. The second kappa shape index (κ2) is 6.92. The highest BCUT2D eigenvalue weighted by molar-refractivity contribution is 7.80. The molecule has 1 saturated carbocycles. The Labute approximate surface area is 161 Å². The van der Waals surface area contributed by atoms with Crippen molar-refractivity contribution in [1.82, 2.24) is 15.1 Å². The molecule has 1 aromatic heterocycles. The molecule has 2 amide bonds. The molecule has 8 heteroatoms. The summed E-state index contributed by atoms with van der Waals surface area (Å²) in [7, 11) is 1.78. The summed E-state index contributed by atoms with van der Waals surface area (Å²) in [5.41, 5.74) is 2.00. The van der Waals surface area contributed by atoms with Gasteiger partial charge >= 0.3 is 6.03 Å². The van der Waals surface area contributed by atoms with Crippen LogP contribution in [0.4, 0.5) is 9.93 Å². The molecule has 0 N–H and O–H groups in total. The Kier molecular flexibility index (Phi) is 4.62. The number of amides is 2. The first-order valence-electron chi connectivity index (χ1n) is 8.68. The lowest BCUT2D eigenvalue weighted by molar-refractivity contribution is 0.128. The van der Waals surface area contributed by atoms with Gasteiger partial charge in [-0.05, 0) is 32.0 Å². The maximum atomic E-state index is 12.8. The highest BCUT2D eigenvalue weighted by atomic mass is 32.1. The van der Waals surface area contributed by atoms with Gasteiger partial charge in [0, 0.05) is 31.5 Å². The summed E-state index contributed by atoms with van der Waals surface area (Å²) in [6.07, 6.45) is 2.50.